The molecule has 1 aliphatic heterocycles. The summed E-state index contributed by atoms with van der Waals surface area (Å²) in [5.74, 6) is 0.326. The van der Waals surface area contributed by atoms with Gasteiger partial charge in [-0.25, -0.2) is 4.57 Å². The van der Waals surface area contributed by atoms with Crippen molar-refractivity contribution in [3.8, 4) is 0 Å². The van der Waals surface area contributed by atoms with Crippen LogP contribution in [0.1, 0.15) is 13.2 Å². The quantitative estimate of drug-likeness (QED) is 0.479. The minimum atomic E-state index is -1.17. The number of imidazole rings is 1. The zero-order valence-corrected chi connectivity index (χ0v) is 11.5. The van der Waals surface area contributed by atoms with Gasteiger partial charge in [0.25, 0.3) is 0 Å². The molecule has 0 bridgehead atoms. The van der Waals surface area contributed by atoms with Crippen molar-refractivity contribution in [1.29, 1.82) is 0 Å². The van der Waals surface area contributed by atoms with Crippen LogP contribution in [0, 0.1) is 0 Å². The molecule has 0 amide bonds. The molecule has 0 radical (unpaired) electrons. The third kappa shape index (κ3) is 2.05. The molecule has 3 heterocycles. The van der Waals surface area contributed by atoms with Crippen LogP contribution in [0.3, 0.4) is 0 Å². The monoisotopic (exact) mass is 296 g/mol. The maximum Gasteiger partial charge on any atom is 0.309 e. The molecule has 0 aliphatic carbocycles. The van der Waals surface area contributed by atoms with Gasteiger partial charge in [0.2, 0.25) is 11.7 Å². The second-order valence-electron chi connectivity index (χ2n) is 4.97. The van der Waals surface area contributed by atoms with E-state index in [1.54, 1.807) is 10.9 Å². The van der Waals surface area contributed by atoms with Crippen LogP contribution < -0.4 is 10.3 Å². The van der Waals surface area contributed by atoms with Crippen LogP contribution in [0.25, 0.3) is 11.2 Å². The second-order valence-corrected chi connectivity index (χ2v) is 4.97. The van der Waals surface area contributed by atoms with E-state index in [-0.39, 0.29) is 6.61 Å². The molecule has 0 spiro atoms. The zero-order chi connectivity index (χ0) is 15.1. The van der Waals surface area contributed by atoms with Gasteiger partial charge in [0, 0.05) is 0 Å². The lowest BCUT2D eigenvalue weighted by Gasteiger charge is -2.11. The SMILES string of the molecule is CCn1c[n+]([C@@H]2O[C@H](CO)[C@@H](O)[C@H]2O)c2ncnc(N)c21. The minimum Gasteiger partial charge on any atom is -0.394 e. The van der Waals surface area contributed by atoms with Gasteiger partial charge in [-0.05, 0) is 6.92 Å². The topological polar surface area (TPSA) is 131 Å². The number of nitrogens with two attached hydrogens (primary N) is 1. The fourth-order valence-electron chi connectivity index (χ4n) is 2.65. The van der Waals surface area contributed by atoms with Gasteiger partial charge in [-0.1, -0.05) is 4.98 Å². The van der Waals surface area contributed by atoms with Crippen molar-refractivity contribution in [2.75, 3.05) is 12.3 Å². The van der Waals surface area contributed by atoms with Crippen LogP contribution in [0.2, 0.25) is 0 Å². The van der Waals surface area contributed by atoms with Crippen LogP contribution >= 0.6 is 0 Å². The Labute approximate surface area is 120 Å². The highest BCUT2D eigenvalue weighted by Crippen LogP contribution is 2.27. The number of aliphatic hydroxyl groups is 3. The molecule has 0 unspecified atom stereocenters. The first-order valence-electron chi connectivity index (χ1n) is 6.71. The van der Waals surface area contributed by atoms with E-state index < -0.39 is 24.5 Å². The van der Waals surface area contributed by atoms with Gasteiger partial charge in [0.15, 0.2) is 18.5 Å². The number of hydrogen-bond donors (Lipinski definition) is 4. The van der Waals surface area contributed by atoms with Gasteiger partial charge in [-0.2, -0.15) is 4.98 Å². The van der Waals surface area contributed by atoms with Crippen molar-refractivity contribution >= 4 is 17.0 Å². The van der Waals surface area contributed by atoms with Crippen molar-refractivity contribution < 1.29 is 24.6 Å². The first-order valence-corrected chi connectivity index (χ1v) is 6.71. The Kier molecular flexibility index (Phi) is 3.49. The number of ether oxygens (including phenoxy) is 1. The van der Waals surface area contributed by atoms with Crippen LogP contribution in [-0.2, 0) is 11.3 Å². The Hall–Kier alpha value is -1.81. The molecule has 1 aliphatic rings. The molecule has 9 heteroatoms. The molecule has 3 rings (SSSR count). The van der Waals surface area contributed by atoms with Gasteiger partial charge in [0.1, 0.15) is 18.3 Å². The van der Waals surface area contributed by atoms with E-state index >= 15 is 0 Å². The van der Waals surface area contributed by atoms with E-state index in [1.165, 1.54) is 6.33 Å². The highest BCUT2D eigenvalue weighted by molar-refractivity contribution is 5.79. The molecule has 5 N–H and O–H groups in total. The van der Waals surface area contributed by atoms with E-state index in [0.717, 1.165) is 0 Å². The Morgan fingerprint density at radius 1 is 1.38 bits per heavy atom. The average Bonchev–Trinajstić information content (AvgIpc) is 2.99. The number of fused-ring (bicyclic) bond motifs is 1. The number of anilines is 1. The Morgan fingerprint density at radius 3 is 2.76 bits per heavy atom. The lowest BCUT2D eigenvalue weighted by Crippen LogP contribution is -2.46. The summed E-state index contributed by atoms with van der Waals surface area (Å²) >= 11 is 0. The molecule has 4 atom stereocenters. The summed E-state index contributed by atoms with van der Waals surface area (Å²) in [7, 11) is 0. The number of aliphatic hydroxyl groups excluding tert-OH is 3. The Balaban J connectivity index is 2.11. The van der Waals surface area contributed by atoms with Crippen LogP contribution in [0.15, 0.2) is 12.7 Å². The molecule has 1 fully saturated rings. The first-order chi connectivity index (χ1) is 10.1. The molecule has 0 saturated carbocycles. The smallest absolute Gasteiger partial charge is 0.309 e. The van der Waals surface area contributed by atoms with E-state index in [2.05, 4.69) is 9.97 Å². The molecular formula is C12H18N5O4+. The summed E-state index contributed by atoms with van der Waals surface area (Å²) in [4.78, 5) is 8.14. The highest BCUT2D eigenvalue weighted by atomic mass is 16.6. The fourth-order valence-corrected chi connectivity index (χ4v) is 2.65. The molecule has 2 aromatic heterocycles. The predicted molar refractivity (Wildman–Crippen MR) is 70.8 cm³/mol. The molecule has 21 heavy (non-hydrogen) atoms. The number of nitrogens with zero attached hydrogens (tertiary/aromatic N) is 4. The van der Waals surface area contributed by atoms with Gasteiger partial charge in [-0.15, -0.1) is 0 Å². The maximum absolute atomic E-state index is 10.1. The summed E-state index contributed by atoms with van der Waals surface area (Å²) in [5.41, 5.74) is 7.02. The van der Waals surface area contributed by atoms with Gasteiger partial charge in [-0.3, -0.25) is 4.57 Å². The molecule has 1 saturated heterocycles. The average molecular weight is 296 g/mol. The largest absolute Gasteiger partial charge is 0.394 e. The van der Waals surface area contributed by atoms with Crippen LogP contribution in [0.4, 0.5) is 5.82 Å². The van der Waals surface area contributed by atoms with E-state index in [9.17, 15) is 15.3 Å². The fraction of sp³-hybridized carbons (Fsp3) is 0.583. The molecule has 114 valence electrons. The molecule has 0 aromatic carbocycles. The molecular weight excluding hydrogens is 278 g/mol. The van der Waals surface area contributed by atoms with Crippen molar-refractivity contribution in [3.63, 3.8) is 0 Å². The summed E-state index contributed by atoms with van der Waals surface area (Å²) in [6.45, 7) is 2.20. The standard InChI is InChI=1S/C12H18N5O4/c1-2-16-5-17(11-7(16)10(13)14-4-15-11)12-9(20)8(19)6(3-18)21-12/h4-6,8-9,12,18-20H,2-3H2,1H3,(H2,13,14,15)/q+1/t6-,8-,9-,12-/m1/s1. The molecule has 2 aromatic rings. The first kappa shape index (κ1) is 14.1. The highest BCUT2D eigenvalue weighted by Gasteiger charge is 2.46. The summed E-state index contributed by atoms with van der Waals surface area (Å²) in [6, 6.07) is 0. The van der Waals surface area contributed by atoms with Gasteiger partial charge in [0.05, 0.1) is 13.2 Å². The van der Waals surface area contributed by atoms with E-state index in [0.29, 0.717) is 23.5 Å². The normalized spacial score (nSPS) is 29.3. The van der Waals surface area contributed by atoms with Crippen LogP contribution in [0.5, 0.6) is 0 Å². The number of nitrogen functional groups attached to an aromatic ring is 1. The predicted octanol–water partition coefficient (Wildman–Crippen LogP) is -2.07. The maximum atomic E-state index is 10.1. The summed E-state index contributed by atoms with van der Waals surface area (Å²) < 4.78 is 8.96. The number of aromatic nitrogens is 4. The second kappa shape index (κ2) is 5.19. The van der Waals surface area contributed by atoms with Crippen molar-refractivity contribution in [2.45, 2.75) is 38.0 Å². The van der Waals surface area contributed by atoms with E-state index in [4.69, 9.17) is 10.5 Å². The lowest BCUT2D eigenvalue weighted by molar-refractivity contribution is -0.746. The van der Waals surface area contributed by atoms with Gasteiger partial charge >= 0.3 is 5.65 Å². The summed E-state index contributed by atoms with van der Waals surface area (Å²) in [5, 5.41) is 29.2. The Bertz CT molecular complexity index is 660. The summed E-state index contributed by atoms with van der Waals surface area (Å²) in [6.07, 6.45) is -0.977. The minimum absolute atomic E-state index is 0.326. The van der Waals surface area contributed by atoms with Crippen molar-refractivity contribution in [1.82, 2.24) is 14.5 Å². The third-order valence-corrected chi connectivity index (χ3v) is 3.76. The lowest BCUT2D eigenvalue weighted by atomic mass is 10.1. The van der Waals surface area contributed by atoms with Crippen molar-refractivity contribution in [2.24, 2.45) is 0 Å². The van der Waals surface area contributed by atoms with E-state index in [1.807, 2.05) is 11.5 Å². The van der Waals surface area contributed by atoms with Gasteiger partial charge < -0.3 is 25.8 Å². The zero-order valence-electron chi connectivity index (χ0n) is 11.5. The van der Waals surface area contributed by atoms with Crippen molar-refractivity contribution in [3.05, 3.63) is 12.7 Å². The third-order valence-electron chi connectivity index (χ3n) is 3.76. The Morgan fingerprint density at radius 2 is 2.14 bits per heavy atom. The van der Waals surface area contributed by atoms with Crippen LogP contribution in [-0.4, -0.2) is 54.8 Å². The number of rotatable bonds is 3. The molecule has 9 nitrogen and oxygen atoms in total. The number of hydrogen-bond acceptors (Lipinski definition) is 7. The number of aryl methyl sites for hydroxylation is 1.